The quantitative estimate of drug-likeness (QED) is 0.496. The van der Waals surface area contributed by atoms with Crippen molar-refractivity contribution < 1.29 is 24.2 Å². The third kappa shape index (κ3) is 3.89. The Morgan fingerprint density at radius 2 is 1.86 bits per heavy atom. The van der Waals surface area contributed by atoms with Gasteiger partial charge in [-0.3, -0.25) is 14.4 Å². The molecule has 1 spiro atoms. The second-order valence-corrected chi connectivity index (χ2v) is 11.6. The number of aliphatic hydroxyl groups excluding tert-OH is 1. The Morgan fingerprint density at radius 1 is 1.03 bits per heavy atom. The average Bonchev–Trinajstić information content (AvgIpc) is 3.28. The molecule has 4 aliphatic rings. The highest BCUT2D eigenvalue weighted by Gasteiger charge is 2.70. The molecule has 8 heteroatoms. The van der Waals surface area contributed by atoms with Crippen LogP contribution in [-0.2, 0) is 19.1 Å². The molecule has 2 saturated heterocycles. The number of hydrogen-bond donors (Lipinski definition) is 1. The van der Waals surface area contributed by atoms with Gasteiger partial charge in [0.25, 0.3) is 5.91 Å². The Kier molecular flexibility index (Phi) is 6.32. The molecule has 0 bridgehead atoms. The van der Waals surface area contributed by atoms with Gasteiger partial charge in [-0.1, -0.05) is 54.6 Å². The van der Waals surface area contributed by atoms with Gasteiger partial charge < -0.3 is 19.6 Å². The summed E-state index contributed by atoms with van der Waals surface area (Å²) in [6.45, 7) is 0.471. The first kappa shape index (κ1) is 24.2. The lowest BCUT2D eigenvalue weighted by Crippen LogP contribution is -2.53. The van der Waals surface area contributed by atoms with Crippen LogP contribution in [0.25, 0.3) is 10.8 Å². The number of thioether (sulfide) groups is 1. The lowest BCUT2D eigenvalue weighted by Gasteiger charge is -2.35. The number of allylic oxidation sites excluding steroid dienone is 1. The number of ether oxygens (including phenoxy) is 1. The number of rotatable bonds is 3. The van der Waals surface area contributed by atoms with Crippen molar-refractivity contribution in [3.8, 4) is 0 Å². The Labute approximate surface area is 220 Å². The van der Waals surface area contributed by atoms with Gasteiger partial charge in [0.15, 0.2) is 0 Å². The highest BCUT2D eigenvalue weighted by molar-refractivity contribution is 8.02. The first-order chi connectivity index (χ1) is 18.0. The molecule has 2 aromatic rings. The van der Waals surface area contributed by atoms with Crippen molar-refractivity contribution in [1.82, 2.24) is 4.90 Å². The van der Waals surface area contributed by atoms with Crippen LogP contribution < -0.4 is 4.90 Å². The highest BCUT2D eigenvalue weighted by atomic mass is 32.2. The summed E-state index contributed by atoms with van der Waals surface area (Å²) in [6, 6.07) is 13.1. The van der Waals surface area contributed by atoms with E-state index in [0.717, 1.165) is 35.7 Å². The van der Waals surface area contributed by atoms with E-state index in [4.69, 9.17) is 4.74 Å². The zero-order valence-corrected chi connectivity index (χ0v) is 21.3. The van der Waals surface area contributed by atoms with E-state index in [2.05, 4.69) is 6.08 Å². The van der Waals surface area contributed by atoms with E-state index < -0.39 is 22.6 Å². The minimum Gasteiger partial charge on any atom is -0.465 e. The molecule has 0 aliphatic carbocycles. The Balaban J connectivity index is 1.44. The van der Waals surface area contributed by atoms with E-state index in [9.17, 15) is 19.5 Å². The molecule has 4 aliphatic heterocycles. The van der Waals surface area contributed by atoms with Crippen molar-refractivity contribution in [1.29, 1.82) is 0 Å². The van der Waals surface area contributed by atoms with E-state index in [-0.39, 0.29) is 36.2 Å². The molecule has 6 rings (SSSR count). The first-order valence-corrected chi connectivity index (χ1v) is 13.8. The number of amides is 2. The number of esters is 1. The van der Waals surface area contributed by atoms with Crippen LogP contribution >= 0.6 is 11.8 Å². The van der Waals surface area contributed by atoms with Crippen LogP contribution in [0.3, 0.4) is 0 Å². The lowest BCUT2D eigenvalue weighted by atomic mass is 9.78. The van der Waals surface area contributed by atoms with Crippen LogP contribution in [-0.4, -0.2) is 70.1 Å². The molecule has 2 aromatic carbocycles. The second-order valence-electron chi connectivity index (χ2n) is 10.1. The van der Waals surface area contributed by atoms with Gasteiger partial charge in [0.05, 0.1) is 29.8 Å². The van der Waals surface area contributed by atoms with E-state index >= 15 is 0 Å². The first-order valence-electron chi connectivity index (χ1n) is 13.0. The smallest absolute Gasteiger partial charge is 0.311 e. The SMILES string of the molecule is O=C1OCCCC/C=C\[C@@H]2S[C@]34C=CCN(c5ccc6ccccc6c5)C(=O)C3N(CCO)C(=O)[C@@H]4[C@H]12. The fraction of sp³-hybridized carbons (Fsp3) is 0.414. The fourth-order valence-corrected chi connectivity index (χ4v) is 8.34. The minimum atomic E-state index is -0.915. The number of carbonyl (C=O) groups excluding carboxylic acids is 3. The molecule has 2 amide bonds. The molecule has 37 heavy (non-hydrogen) atoms. The van der Waals surface area contributed by atoms with E-state index in [0.29, 0.717) is 13.2 Å². The summed E-state index contributed by atoms with van der Waals surface area (Å²) < 4.78 is 4.71. The molecule has 1 N–H and O–H groups in total. The van der Waals surface area contributed by atoms with Crippen molar-refractivity contribution in [2.75, 3.05) is 31.2 Å². The zero-order chi connectivity index (χ0) is 25.6. The van der Waals surface area contributed by atoms with Gasteiger partial charge in [0.1, 0.15) is 6.04 Å². The van der Waals surface area contributed by atoms with Crippen molar-refractivity contribution >= 4 is 46.0 Å². The van der Waals surface area contributed by atoms with Crippen LogP contribution in [0, 0.1) is 11.8 Å². The number of aliphatic hydroxyl groups is 1. The average molecular weight is 519 g/mol. The number of cyclic esters (lactones) is 1. The molecule has 5 atom stereocenters. The van der Waals surface area contributed by atoms with Crippen molar-refractivity contribution in [3.63, 3.8) is 0 Å². The van der Waals surface area contributed by atoms with Gasteiger partial charge in [0, 0.05) is 24.0 Å². The normalized spacial score (nSPS) is 32.5. The zero-order valence-electron chi connectivity index (χ0n) is 20.5. The number of likely N-dealkylation sites (tertiary alicyclic amines) is 1. The van der Waals surface area contributed by atoms with Crippen LogP contribution in [0.1, 0.15) is 19.3 Å². The monoisotopic (exact) mass is 518 g/mol. The predicted molar refractivity (Wildman–Crippen MR) is 143 cm³/mol. The summed E-state index contributed by atoms with van der Waals surface area (Å²) in [6.07, 6.45) is 10.7. The maximum absolute atomic E-state index is 14.3. The summed E-state index contributed by atoms with van der Waals surface area (Å²) in [5.74, 6) is -2.24. The van der Waals surface area contributed by atoms with Crippen LogP contribution in [0.5, 0.6) is 0 Å². The summed E-state index contributed by atoms with van der Waals surface area (Å²) >= 11 is 1.52. The van der Waals surface area contributed by atoms with E-state index in [1.165, 1.54) is 16.7 Å². The van der Waals surface area contributed by atoms with E-state index in [1.807, 2.05) is 60.7 Å². The number of fused-ring (bicyclic) bond motifs is 3. The summed E-state index contributed by atoms with van der Waals surface area (Å²) in [5.41, 5.74) is 0.756. The molecule has 7 nitrogen and oxygen atoms in total. The summed E-state index contributed by atoms with van der Waals surface area (Å²) in [4.78, 5) is 44.8. The Bertz CT molecular complexity index is 1310. The van der Waals surface area contributed by atoms with Crippen LogP contribution in [0.15, 0.2) is 66.8 Å². The summed E-state index contributed by atoms with van der Waals surface area (Å²) in [5, 5.41) is 11.7. The van der Waals surface area contributed by atoms with Crippen molar-refractivity contribution in [3.05, 3.63) is 66.8 Å². The van der Waals surface area contributed by atoms with Gasteiger partial charge >= 0.3 is 5.97 Å². The topological polar surface area (TPSA) is 87.2 Å². The standard InChI is InChI=1S/C29H30N2O5S/c32-16-15-31-25-27(34)30(21-12-11-19-8-4-5-9-20(19)18-21)14-7-13-29(25)24(26(31)33)23-22(37-29)10-3-1-2-6-17-36-28(23)35/h3-5,7-13,18,22-25,32H,1-2,6,14-17H2/b10-3-/t22-,23+,24-,25?,29-/m0/s1. The van der Waals surface area contributed by atoms with Crippen molar-refractivity contribution in [2.24, 2.45) is 11.8 Å². The van der Waals surface area contributed by atoms with Gasteiger partial charge in [-0.25, -0.2) is 0 Å². The second kappa shape index (κ2) is 9.65. The van der Waals surface area contributed by atoms with E-state index in [1.54, 1.807) is 4.90 Å². The maximum Gasteiger partial charge on any atom is 0.311 e. The molecule has 2 fully saturated rings. The maximum atomic E-state index is 14.3. The number of anilines is 1. The van der Waals surface area contributed by atoms with Gasteiger partial charge in [-0.05, 0) is 42.2 Å². The molecular weight excluding hydrogens is 488 g/mol. The Morgan fingerprint density at radius 3 is 2.70 bits per heavy atom. The van der Waals surface area contributed by atoms with Crippen LogP contribution in [0.4, 0.5) is 5.69 Å². The number of benzene rings is 2. The molecule has 4 heterocycles. The van der Waals surface area contributed by atoms with Crippen molar-refractivity contribution in [2.45, 2.75) is 35.3 Å². The molecule has 192 valence electrons. The lowest BCUT2D eigenvalue weighted by molar-refractivity contribution is -0.153. The van der Waals surface area contributed by atoms with Crippen LogP contribution in [0.2, 0.25) is 0 Å². The molecule has 0 radical (unpaired) electrons. The number of hydrogen-bond acceptors (Lipinski definition) is 6. The Hall–Kier alpha value is -3.10. The molecule has 0 aromatic heterocycles. The van der Waals surface area contributed by atoms with Gasteiger partial charge in [0.2, 0.25) is 5.91 Å². The number of β-amino-alcohol motifs (C(OH)–C–C–N with tert-alkyl or cyclic N) is 1. The van der Waals surface area contributed by atoms with Gasteiger partial charge in [-0.15, -0.1) is 11.8 Å². The largest absolute Gasteiger partial charge is 0.465 e. The predicted octanol–water partition coefficient (Wildman–Crippen LogP) is 3.32. The number of carbonyl (C=O) groups is 3. The molecule has 1 unspecified atom stereocenters. The minimum absolute atomic E-state index is 0.0374. The summed E-state index contributed by atoms with van der Waals surface area (Å²) in [7, 11) is 0. The van der Waals surface area contributed by atoms with Gasteiger partial charge in [-0.2, -0.15) is 0 Å². The third-order valence-electron chi connectivity index (χ3n) is 7.99. The number of nitrogens with zero attached hydrogens (tertiary/aromatic N) is 2. The molecular formula is C29H30N2O5S. The third-order valence-corrected chi connectivity index (χ3v) is 9.73. The molecule has 0 saturated carbocycles. The fourth-order valence-electron chi connectivity index (χ4n) is 6.34. The highest BCUT2D eigenvalue weighted by Crippen LogP contribution is 2.60.